The summed E-state index contributed by atoms with van der Waals surface area (Å²) in [5, 5.41) is 0. The molecule has 0 saturated heterocycles. The Bertz CT molecular complexity index is 318. The highest BCUT2D eigenvalue weighted by molar-refractivity contribution is 5.34. The summed E-state index contributed by atoms with van der Waals surface area (Å²) in [6.07, 6.45) is 4.47. The van der Waals surface area contributed by atoms with Crippen LogP contribution in [0.5, 0.6) is 0 Å². The zero-order valence-electron chi connectivity index (χ0n) is 8.41. The molecule has 3 heteroatoms. The van der Waals surface area contributed by atoms with Gasteiger partial charge in [-0.05, 0) is 32.3 Å². The molecule has 2 rings (SSSR count). The van der Waals surface area contributed by atoms with E-state index in [2.05, 4.69) is 21.9 Å². The van der Waals surface area contributed by atoms with Gasteiger partial charge in [0.1, 0.15) is 0 Å². The molecular formula is C10H15N3. The minimum absolute atomic E-state index is 0.683. The Hall–Kier alpha value is -1.12. The van der Waals surface area contributed by atoms with E-state index < -0.39 is 0 Å². The van der Waals surface area contributed by atoms with Crippen LogP contribution in [-0.2, 0) is 0 Å². The van der Waals surface area contributed by atoms with Gasteiger partial charge in [-0.25, -0.2) is 9.97 Å². The second kappa shape index (κ2) is 2.98. The molecule has 0 atom stereocenters. The van der Waals surface area contributed by atoms with Crippen LogP contribution in [0.3, 0.4) is 0 Å². The summed E-state index contributed by atoms with van der Waals surface area (Å²) in [5.74, 6) is 0.866. The Morgan fingerprint density at radius 1 is 1.38 bits per heavy atom. The number of rotatable bonds is 2. The second-order valence-corrected chi connectivity index (χ2v) is 3.78. The van der Waals surface area contributed by atoms with Crippen molar-refractivity contribution >= 4 is 5.95 Å². The largest absolute Gasteiger partial charge is 0.341 e. The van der Waals surface area contributed by atoms with E-state index >= 15 is 0 Å². The maximum absolute atomic E-state index is 4.45. The summed E-state index contributed by atoms with van der Waals surface area (Å²) in [5.41, 5.74) is 2.24. The molecule has 1 aromatic rings. The first-order chi connectivity index (χ1) is 6.18. The highest BCUT2D eigenvalue weighted by Gasteiger charge is 2.27. The maximum atomic E-state index is 4.45. The van der Waals surface area contributed by atoms with Crippen LogP contribution in [0.15, 0.2) is 6.20 Å². The average Bonchev–Trinajstić information content (AvgIpc) is 2.91. The normalized spacial score (nSPS) is 15.9. The summed E-state index contributed by atoms with van der Waals surface area (Å²) in [6.45, 7) is 4.07. The van der Waals surface area contributed by atoms with Gasteiger partial charge in [0.05, 0.1) is 0 Å². The SMILES string of the molecule is Cc1cnc(N(C)C2CC2)nc1C. The highest BCUT2D eigenvalue weighted by atomic mass is 15.3. The van der Waals surface area contributed by atoms with Crippen LogP contribution >= 0.6 is 0 Å². The van der Waals surface area contributed by atoms with E-state index in [1.807, 2.05) is 20.0 Å². The van der Waals surface area contributed by atoms with Crippen LogP contribution < -0.4 is 4.90 Å². The summed E-state index contributed by atoms with van der Waals surface area (Å²) >= 11 is 0. The Balaban J connectivity index is 2.24. The number of aryl methyl sites for hydroxylation is 2. The van der Waals surface area contributed by atoms with Crippen molar-refractivity contribution in [2.45, 2.75) is 32.7 Å². The predicted octanol–water partition coefficient (Wildman–Crippen LogP) is 1.69. The fourth-order valence-electron chi connectivity index (χ4n) is 1.31. The molecule has 0 aromatic carbocycles. The molecule has 1 aromatic heterocycles. The number of hydrogen-bond donors (Lipinski definition) is 0. The summed E-state index contributed by atoms with van der Waals surface area (Å²) in [7, 11) is 2.07. The van der Waals surface area contributed by atoms with Crippen molar-refractivity contribution in [1.29, 1.82) is 0 Å². The van der Waals surface area contributed by atoms with Gasteiger partial charge in [0.2, 0.25) is 5.95 Å². The minimum atomic E-state index is 0.683. The second-order valence-electron chi connectivity index (χ2n) is 3.78. The van der Waals surface area contributed by atoms with Gasteiger partial charge in [0.25, 0.3) is 0 Å². The number of aromatic nitrogens is 2. The van der Waals surface area contributed by atoms with Gasteiger partial charge in [0.15, 0.2) is 0 Å². The van der Waals surface area contributed by atoms with Crippen molar-refractivity contribution in [1.82, 2.24) is 9.97 Å². The molecule has 1 aliphatic rings. The molecule has 1 fully saturated rings. The lowest BCUT2D eigenvalue weighted by atomic mass is 10.3. The smallest absolute Gasteiger partial charge is 0.225 e. The first kappa shape index (κ1) is 8.48. The van der Waals surface area contributed by atoms with E-state index in [4.69, 9.17) is 0 Å². The van der Waals surface area contributed by atoms with Gasteiger partial charge >= 0.3 is 0 Å². The molecule has 0 unspecified atom stereocenters. The van der Waals surface area contributed by atoms with E-state index in [0.717, 1.165) is 17.2 Å². The summed E-state index contributed by atoms with van der Waals surface area (Å²) < 4.78 is 0. The van der Waals surface area contributed by atoms with Crippen LogP contribution in [-0.4, -0.2) is 23.1 Å². The molecule has 1 saturated carbocycles. The van der Waals surface area contributed by atoms with Crippen molar-refractivity contribution in [2.24, 2.45) is 0 Å². The molecule has 0 amide bonds. The Kier molecular flexibility index (Phi) is 1.94. The van der Waals surface area contributed by atoms with E-state index in [0.29, 0.717) is 6.04 Å². The zero-order valence-corrected chi connectivity index (χ0v) is 8.41. The first-order valence-corrected chi connectivity index (χ1v) is 4.71. The van der Waals surface area contributed by atoms with E-state index in [1.165, 1.54) is 12.8 Å². The quantitative estimate of drug-likeness (QED) is 0.688. The Morgan fingerprint density at radius 2 is 2.08 bits per heavy atom. The predicted molar refractivity (Wildman–Crippen MR) is 52.9 cm³/mol. The molecule has 0 radical (unpaired) electrons. The third-order valence-electron chi connectivity index (χ3n) is 2.62. The molecule has 0 spiro atoms. The molecule has 1 heterocycles. The molecule has 0 N–H and O–H groups in total. The Morgan fingerprint density at radius 3 is 2.62 bits per heavy atom. The van der Waals surface area contributed by atoms with Crippen molar-refractivity contribution in [3.8, 4) is 0 Å². The number of anilines is 1. The maximum Gasteiger partial charge on any atom is 0.225 e. The molecule has 1 aliphatic carbocycles. The number of hydrogen-bond acceptors (Lipinski definition) is 3. The van der Waals surface area contributed by atoms with Gasteiger partial charge in [-0.2, -0.15) is 0 Å². The monoisotopic (exact) mass is 177 g/mol. The number of nitrogens with zero attached hydrogens (tertiary/aromatic N) is 3. The molecular weight excluding hydrogens is 162 g/mol. The summed E-state index contributed by atoms with van der Waals surface area (Å²) in [6, 6.07) is 0.683. The molecule has 0 aliphatic heterocycles. The van der Waals surface area contributed by atoms with E-state index in [-0.39, 0.29) is 0 Å². The van der Waals surface area contributed by atoms with Crippen molar-refractivity contribution in [3.63, 3.8) is 0 Å². The van der Waals surface area contributed by atoms with Crippen LogP contribution in [0.4, 0.5) is 5.95 Å². The standard InChI is InChI=1S/C10H15N3/c1-7-6-11-10(12-8(7)2)13(3)9-4-5-9/h6,9H,4-5H2,1-3H3. The van der Waals surface area contributed by atoms with Crippen LogP contribution in [0.1, 0.15) is 24.1 Å². The van der Waals surface area contributed by atoms with Gasteiger partial charge in [-0.3, -0.25) is 0 Å². The minimum Gasteiger partial charge on any atom is -0.341 e. The molecule has 3 nitrogen and oxygen atoms in total. The fourth-order valence-corrected chi connectivity index (χ4v) is 1.31. The lowest BCUT2D eigenvalue weighted by Gasteiger charge is -2.16. The zero-order chi connectivity index (χ0) is 9.42. The third-order valence-corrected chi connectivity index (χ3v) is 2.62. The van der Waals surface area contributed by atoms with Gasteiger partial charge < -0.3 is 4.90 Å². The van der Waals surface area contributed by atoms with Gasteiger partial charge in [0, 0.05) is 25.0 Å². The van der Waals surface area contributed by atoms with Crippen LogP contribution in [0.2, 0.25) is 0 Å². The van der Waals surface area contributed by atoms with Gasteiger partial charge in [-0.1, -0.05) is 0 Å². The Labute approximate surface area is 78.8 Å². The average molecular weight is 177 g/mol. The first-order valence-electron chi connectivity index (χ1n) is 4.71. The van der Waals surface area contributed by atoms with Crippen LogP contribution in [0.25, 0.3) is 0 Å². The molecule has 13 heavy (non-hydrogen) atoms. The molecule has 0 bridgehead atoms. The lowest BCUT2D eigenvalue weighted by Crippen LogP contribution is -2.22. The molecule has 70 valence electrons. The van der Waals surface area contributed by atoms with Gasteiger partial charge in [-0.15, -0.1) is 0 Å². The fraction of sp³-hybridized carbons (Fsp3) is 0.600. The lowest BCUT2D eigenvalue weighted by molar-refractivity contribution is 0.850. The topological polar surface area (TPSA) is 29.0 Å². The highest BCUT2D eigenvalue weighted by Crippen LogP contribution is 2.28. The van der Waals surface area contributed by atoms with E-state index in [1.54, 1.807) is 0 Å². The van der Waals surface area contributed by atoms with Crippen molar-refractivity contribution < 1.29 is 0 Å². The summed E-state index contributed by atoms with van der Waals surface area (Å²) in [4.78, 5) is 10.9. The van der Waals surface area contributed by atoms with Crippen molar-refractivity contribution in [2.75, 3.05) is 11.9 Å². The van der Waals surface area contributed by atoms with Crippen LogP contribution in [0, 0.1) is 13.8 Å². The van der Waals surface area contributed by atoms with Crippen molar-refractivity contribution in [3.05, 3.63) is 17.5 Å². The third kappa shape index (κ3) is 1.64. The van der Waals surface area contributed by atoms with E-state index in [9.17, 15) is 0 Å².